The lowest BCUT2D eigenvalue weighted by Gasteiger charge is -2.43. The predicted octanol–water partition coefficient (Wildman–Crippen LogP) is 2.16. The zero-order chi connectivity index (χ0) is 17.2. The molecular formula is C19H23NO4. The maximum atomic E-state index is 12.5. The number of aliphatic hydroxyl groups excluding tert-OH is 1. The smallest absolute Gasteiger partial charge is 0.314 e. The van der Waals surface area contributed by atoms with Crippen LogP contribution < -0.4 is 0 Å². The highest BCUT2D eigenvalue weighted by atomic mass is 16.4. The third-order valence-electron chi connectivity index (χ3n) is 5.09. The number of carbonyl (C=O) groups excluding carboxylic acids is 1. The number of aliphatic carboxylic acids is 1. The van der Waals surface area contributed by atoms with Gasteiger partial charge in [0.25, 0.3) is 0 Å². The molecule has 3 rings (SSSR count). The molecule has 0 unspecified atom stereocenters. The molecule has 1 heterocycles. The third kappa shape index (κ3) is 3.51. The summed E-state index contributed by atoms with van der Waals surface area (Å²) in [7, 11) is 0. The van der Waals surface area contributed by atoms with E-state index < -0.39 is 17.5 Å². The summed E-state index contributed by atoms with van der Waals surface area (Å²) < 4.78 is 0. The fourth-order valence-electron chi connectivity index (χ4n) is 3.44. The molecule has 5 heteroatoms. The van der Waals surface area contributed by atoms with Gasteiger partial charge in [0.1, 0.15) is 5.41 Å². The Kier molecular flexibility index (Phi) is 4.71. The molecule has 1 aliphatic heterocycles. The second-order valence-corrected chi connectivity index (χ2v) is 6.92. The first-order valence-corrected chi connectivity index (χ1v) is 8.45. The van der Waals surface area contributed by atoms with Crippen molar-refractivity contribution in [2.24, 2.45) is 11.3 Å². The predicted molar refractivity (Wildman–Crippen MR) is 90.1 cm³/mol. The van der Waals surface area contributed by atoms with Crippen molar-refractivity contribution >= 4 is 18.0 Å². The molecule has 24 heavy (non-hydrogen) atoms. The van der Waals surface area contributed by atoms with Crippen LogP contribution in [0, 0.1) is 11.3 Å². The van der Waals surface area contributed by atoms with E-state index >= 15 is 0 Å². The molecule has 2 N–H and O–H groups in total. The van der Waals surface area contributed by atoms with Crippen LogP contribution in [-0.2, 0) is 9.59 Å². The number of aliphatic hydroxyl groups is 1. The SMILES string of the molecule is O=C(C=Cc1ccccc1)N1CC[C@@H](O)[C@@](CC2CC2)(C(=O)O)C1. The monoisotopic (exact) mass is 329 g/mol. The van der Waals surface area contributed by atoms with Crippen LogP contribution in [-0.4, -0.2) is 46.2 Å². The van der Waals surface area contributed by atoms with Crippen LogP contribution in [0.15, 0.2) is 36.4 Å². The first-order chi connectivity index (χ1) is 11.5. The minimum atomic E-state index is -1.23. The summed E-state index contributed by atoms with van der Waals surface area (Å²) in [5, 5.41) is 20.1. The summed E-state index contributed by atoms with van der Waals surface area (Å²) >= 11 is 0. The lowest BCUT2D eigenvalue weighted by Crippen LogP contribution is -2.57. The van der Waals surface area contributed by atoms with Gasteiger partial charge in [-0.25, -0.2) is 0 Å². The number of amides is 1. The van der Waals surface area contributed by atoms with Gasteiger partial charge in [0.2, 0.25) is 5.91 Å². The van der Waals surface area contributed by atoms with Crippen LogP contribution in [0.25, 0.3) is 6.08 Å². The maximum Gasteiger partial charge on any atom is 0.314 e. The largest absolute Gasteiger partial charge is 0.481 e. The van der Waals surface area contributed by atoms with Gasteiger partial charge < -0.3 is 15.1 Å². The van der Waals surface area contributed by atoms with Crippen LogP contribution >= 0.6 is 0 Å². The molecule has 1 saturated carbocycles. The Balaban J connectivity index is 1.72. The highest BCUT2D eigenvalue weighted by Crippen LogP contribution is 2.45. The van der Waals surface area contributed by atoms with Gasteiger partial charge in [-0.2, -0.15) is 0 Å². The van der Waals surface area contributed by atoms with Gasteiger partial charge in [0, 0.05) is 19.2 Å². The molecule has 0 bridgehead atoms. The molecule has 1 aliphatic carbocycles. The number of likely N-dealkylation sites (tertiary alicyclic amines) is 1. The van der Waals surface area contributed by atoms with E-state index in [0.717, 1.165) is 18.4 Å². The number of carboxylic acids is 1. The molecule has 0 radical (unpaired) electrons. The zero-order valence-electron chi connectivity index (χ0n) is 13.6. The molecular weight excluding hydrogens is 306 g/mol. The number of carbonyl (C=O) groups is 2. The fourth-order valence-corrected chi connectivity index (χ4v) is 3.44. The van der Waals surface area contributed by atoms with Gasteiger partial charge in [-0.3, -0.25) is 9.59 Å². The van der Waals surface area contributed by atoms with Crippen LogP contribution in [0.5, 0.6) is 0 Å². The first-order valence-electron chi connectivity index (χ1n) is 8.45. The van der Waals surface area contributed by atoms with Crippen molar-refractivity contribution in [2.75, 3.05) is 13.1 Å². The van der Waals surface area contributed by atoms with E-state index in [1.54, 1.807) is 11.0 Å². The lowest BCUT2D eigenvalue weighted by molar-refractivity contribution is -0.166. The summed E-state index contributed by atoms with van der Waals surface area (Å²) in [6.07, 6.45) is 5.12. The molecule has 1 aromatic carbocycles. The number of hydrogen-bond donors (Lipinski definition) is 2. The van der Waals surface area contributed by atoms with E-state index in [9.17, 15) is 19.8 Å². The minimum absolute atomic E-state index is 0.0813. The average Bonchev–Trinajstić information content (AvgIpc) is 3.39. The number of nitrogens with zero attached hydrogens (tertiary/aromatic N) is 1. The lowest BCUT2D eigenvalue weighted by atomic mass is 9.73. The topological polar surface area (TPSA) is 77.8 Å². The molecule has 1 aromatic rings. The molecule has 2 atom stereocenters. The normalized spacial score (nSPS) is 27.4. The Morgan fingerprint density at radius 3 is 2.54 bits per heavy atom. The fraction of sp³-hybridized carbons (Fsp3) is 0.474. The summed E-state index contributed by atoms with van der Waals surface area (Å²) in [5.41, 5.74) is -0.305. The maximum absolute atomic E-state index is 12.5. The molecule has 2 fully saturated rings. The van der Waals surface area contributed by atoms with Gasteiger partial charge in [0.15, 0.2) is 0 Å². The summed E-state index contributed by atoms with van der Waals surface area (Å²) in [6, 6.07) is 9.50. The van der Waals surface area contributed by atoms with E-state index in [0.29, 0.717) is 25.3 Å². The van der Waals surface area contributed by atoms with Crippen molar-refractivity contribution < 1.29 is 19.8 Å². The van der Waals surface area contributed by atoms with E-state index in [2.05, 4.69) is 0 Å². The molecule has 128 valence electrons. The number of hydrogen-bond acceptors (Lipinski definition) is 3. The Hall–Kier alpha value is -2.14. The summed E-state index contributed by atoms with van der Waals surface area (Å²) in [4.78, 5) is 25.9. The van der Waals surface area contributed by atoms with Crippen LogP contribution in [0.3, 0.4) is 0 Å². The second-order valence-electron chi connectivity index (χ2n) is 6.92. The van der Waals surface area contributed by atoms with Crippen molar-refractivity contribution in [1.82, 2.24) is 4.90 Å². The van der Waals surface area contributed by atoms with Crippen molar-refractivity contribution in [3.05, 3.63) is 42.0 Å². The third-order valence-corrected chi connectivity index (χ3v) is 5.09. The number of benzene rings is 1. The number of rotatable bonds is 5. The molecule has 0 aromatic heterocycles. The number of carboxylic acid groups (broad SMARTS) is 1. The minimum Gasteiger partial charge on any atom is -0.481 e. The summed E-state index contributed by atoms with van der Waals surface area (Å²) in [5.74, 6) is -0.829. The van der Waals surface area contributed by atoms with Crippen molar-refractivity contribution in [3.63, 3.8) is 0 Å². The number of piperidine rings is 1. The first kappa shape index (κ1) is 16.7. The Morgan fingerprint density at radius 2 is 1.92 bits per heavy atom. The molecule has 1 amide bonds. The molecule has 1 saturated heterocycles. The van der Waals surface area contributed by atoms with Gasteiger partial charge >= 0.3 is 5.97 Å². The van der Waals surface area contributed by atoms with Gasteiger partial charge in [0.05, 0.1) is 6.10 Å². The van der Waals surface area contributed by atoms with Crippen LogP contribution in [0.4, 0.5) is 0 Å². The van der Waals surface area contributed by atoms with Crippen molar-refractivity contribution in [3.8, 4) is 0 Å². The van der Waals surface area contributed by atoms with Gasteiger partial charge in [-0.1, -0.05) is 43.2 Å². The van der Waals surface area contributed by atoms with E-state index in [4.69, 9.17) is 0 Å². The van der Waals surface area contributed by atoms with Gasteiger partial charge in [-0.05, 0) is 30.4 Å². The highest BCUT2D eigenvalue weighted by Gasteiger charge is 2.52. The van der Waals surface area contributed by atoms with Gasteiger partial charge in [-0.15, -0.1) is 0 Å². The standard InChI is InChI=1S/C19H23NO4/c21-16-10-11-20(13-19(16,18(23)24)12-15-6-7-15)17(22)9-8-14-4-2-1-3-5-14/h1-5,8-9,15-16,21H,6-7,10-13H2,(H,23,24)/t16-,19+/m1/s1. The quantitative estimate of drug-likeness (QED) is 0.812. The Bertz CT molecular complexity index is 638. The zero-order valence-corrected chi connectivity index (χ0v) is 13.6. The Labute approximate surface area is 141 Å². The molecule has 5 nitrogen and oxygen atoms in total. The van der Waals surface area contributed by atoms with Crippen LogP contribution in [0.1, 0.15) is 31.2 Å². The highest BCUT2D eigenvalue weighted by molar-refractivity contribution is 5.92. The van der Waals surface area contributed by atoms with E-state index in [-0.39, 0.29) is 12.5 Å². The van der Waals surface area contributed by atoms with Crippen molar-refractivity contribution in [1.29, 1.82) is 0 Å². The Morgan fingerprint density at radius 1 is 1.21 bits per heavy atom. The molecule has 2 aliphatic rings. The van der Waals surface area contributed by atoms with Crippen LogP contribution in [0.2, 0.25) is 0 Å². The van der Waals surface area contributed by atoms with E-state index in [1.165, 1.54) is 6.08 Å². The summed E-state index contributed by atoms with van der Waals surface area (Å²) in [6.45, 7) is 0.469. The second kappa shape index (κ2) is 6.77. The van der Waals surface area contributed by atoms with E-state index in [1.807, 2.05) is 30.3 Å². The van der Waals surface area contributed by atoms with Crippen molar-refractivity contribution in [2.45, 2.75) is 31.8 Å². The average molecular weight is 329 g/mol. The molecule has 0 spiro atoms.